The van der Waals surface area contributed by atoms with E-state index in [1.54, 1.807) is 35.2 Å². The second-order valence-electron chi connectivity index (χ2n) is 6.01. The van der Waals surface area contributed by atoms with Gasteiger partial charge in [-0.25, -0.2) is 0 Å². The molecule has 3 rings (SSSR count). The summed E-state index contributed by atoms with van der Waals surface area (Å²) in [6.07, 6.45) is 8.03. The fourth-order valence-corrected chi connectivity index (χ4v) is 3.27. The van der Waals surface area contributed by atoms with Gasteiger partial charge in [0.15, 0.2) is 0 Å². The zero-order valence-corrected chi connectivity index (χ0v) is 12.5. The first-order valence-corrected chi connectivity index (χ1v) is 7.80. The van der Waals surface area contributed by atoms with Crippen LogP contribution < -0.4 is 0 Å². The van der Waals surface area contributed by atoms with Crippen LogP contribution in [0.25, 0.3) is 6.08 Å². The van der Waals surface area contributed by atoms with Gasteiger partial charge in [-0.15, -0.1) is 0 Å². The highest BCUT2D eigenvalue weighted by atomic mass is 16.2. The maximum absolute atomic E-state index is 12.2. The lowest BCUT2D eigenvalue weighted by Gasteiger charge is -2.30. The van der Waals surface area contributed by atoms with E-state index >= 15 is 0 Å². The number of amides is 1. The molecular weight excluding hydrogens is 278 g/mol. The zero-order chi connectivity index (χ0) is 15.5. The number of rotatable bonds is 3. The topological polar surface area (TPSA) is 54.5 Å². The summed E-state index contributed by atoms with van der Waals surface area (Å²) in [6.45, 7) is 0.414. The molecule has 1 saturated heterocycles. The van der Waals surface area contributed by atoms with E-state index < -0.39 is 0 Å². The minimum atomic E-state index is -0.384. The highest BCUT2D eigenvalue weighted by molar-refractivity contribution is 6.46. The summed E-state index contributed by atoms with van der Waals surface area (Å²) in [6, 6.07) is 7.21. The quantitative estimate of drug-likeness (QED) is 0.489. The Morgan fingerprint density at radius 2 is 1.59 bits per heavy atom. The van der Waals surface area contributed by atoms with Gasteiger partial charge in [0.05, 0.1) is 6.54 Å². The predicted octanol–water partition coefficient (Wildman–Crippen LogP) is 2.63. The summed E-state index contributed by atoms with van der Waals surface area (Å²) < 4.78 is 0. The molecule has 0 spiro atoms. The molecule has 0 N–H and O–H groups in total. The van der Waals surface area contributed by atoms with Crippen molar-refractivity contribution in [3.63, 3.8) is 0 Å². The molecular formula is C18H19NO3. The Hall–Kier alpha value is -2.23. The summed E-state index contributed by atoms with van der Waals surface area (Å²) in [5, 5.41) is 0. The minimum absolute atomic E-state index is 0.216. The molecule has 22 heavy (non-hydrogen) atoms. The van der Waals surface area contributed by atoms with Gasteiger partial charge in [0.2, 0.25) is 5.78 Å². The SMILES string of the molecule is O=Cc1ccc(/C=C2\CN(C3CCCCC3)C(=O)C2=O)cc1. The lowest BCUT2D eigenvalue weighted by atomic mass is 9.94. The van der Waals surface area contributed by atoms with Crippen molar-refractivity contribution in [1.82, 2.24) is 4.90 Å². The number of Topliss-reactive ketones (excluding diaryl/α,β-unsaturated/α-hetero) is 1. The van der Waals surface area contributed by atoms with Crippen molar-refractivity contribution in [1.29, 1.82) is 0 Å². The molecule has 2 fully saturated rings. The van der Waals surface area contributed by atoms with Crippen molar-refractivity contribution in [2.24, 2.45) is 0 Å². The van der Waals surface area contributed by atoms with E-state index in [1.165, 1.54) is 6.42 Å². The average Bonchev–Trinajstić information content (AvgIpc) is 2.85. The maximum Gasteiger partial charge on any atom is 0.295 e. The van der Waals surface area contributed by atoms with Crippen molar-refractivity contribution in [3.8, 4) is 0 Å². The Kier molecular flexibility index (Phi) is 4.18. The summed E-state index contributed by atoms with van der Waals surface area (Å²) in [4.78, 5) is 36.8. The predicted molar refractivity (Wildman–Crippen MR) is 83.4 cm³/mol. The average molecular weight is 297 g/mol. The summed E-state index contributed by atoms with van der Waals surface area (Å²) in [5.74, 6) is -0.743. The molecule has 0 unspecified atom stereocenters. The van der Waals surface area contributed by atoms with Crippen LogP contribution in [-0.4, -0.2) is 35.5 Å². The second kappa shape index (κ2) is 6.26. The number of ketones is 1. The summed E-state index contributed by atoms with van der Waals surface area (Å²) >= 11 is 0. The molecule has 2 aliphatic rings. The van der Waals surface area contributed by atoms with Crippen LogP contribution in [0.5, 0.6) is 0 Å². The number of aldehydes is 1. The van der Waals surface area contributed by atoms with E-state index in [9.17, 15) is 14.4 Å². The molecule has 4 heteroatoms. The zero-order valence-electron chi connectivity index (χ0n) is 12.5. The molecule has 4 nitrogen and oxygen atoms in total. The second-order valence-corrected chi connectivity index (χ2v) is 6.01. The third-order valence-corrected chi connectivity index (χ3v) is 4.52. The van der Waals surface area contributed by atoms with Gasteiger partial charge in [0, 0.05) is 17.2 Å². The smallest absolute Gasteiger partial charge is 0.295 e. The third-order valence-electron chi connectivity index (χ3n) is 4.52. The number of likely N-dealkylation sites (tertiary alicyclic amines) is 1. The first-order valence-electron chi connectivity index (χ1n) is 7.80. The Labute approximate surface area is 129 Å². The Bertz CT molecular complexity index is 624. The molecule has 1 saturated carbocycles. The maximum atomic E-state index is 12.2. The van der Waals surface area contributed by atoms with Crippen molar-refractivity contribution in [2.45, 2.75) is 38.1 Å². The van der Waals surface area contributed by atoms with Gasteiger partial charge in [-0.2, -0.15) is 0 Å². The summed E-state index contributed by atoms with van der Waals surface area (Å²) in [5.41, 5.74) is 1.99. The van der Waals surface area contributed by atoms with Crippen molar-refractivity contribution in [3.05, 3.63) is 41.0 Å². The van der Waals surface area contributed by atoms with E-state index in [0.29, 0.717) is 17.7 Å². The molecule has 0 bridgehead atoms. The number of carbonyl (C=O) groups excluding carboxylic acids is 3. The number of benzene rings is 1. The minimum Gasteiger partial charge on any atom is -0.328 e. The molecule has 0 atom stereocenters. The Morgan fingerprint density at radius 1 is 0.955 bits per heavy atom. The van der Waals surface area contributed by atoms with Crippen LogP contribution in [0.1, 0.15) is 48.0 Å². The fraction of sp³-hybridized carbons (Fsp3) is 0.389. The molecule has 1 aliphatic carbocycles. The lowest BCUT2D eigenvalue weighted by Crippen LogP contribution is -2.38. The van der Waals surface area contributed by atoms with E-state index in [0.717, 1.165) is 37.5 Å². The molecule has 0 radical (unpaired) electrons. The number of carbonyl (C=O) groups is 3. The van der Waals surface area contributed by atoms with E-state index in [-0.39, 0.29) is 17.7 Å². The van der Waals surface area contributed by atoms with Crippen LogP contribution in [0.4, 0.5) is 0 Å². The van der Waals surface area contributed by atoms with Gasteiger partial charge in [0.1, 0.15) is 6.29 Å². The van der Waals surface area contributed by atoms with Crippen LogP contribution in [0.15, 0.2) is 29.8 Å². The van der Waals surface area contributed by atoms with Crippen molar-refractivity contribution < 1.29 is 14.4 Å². The molecule has 1 aromatic rings. The van der Waals surface area contributed by atoms with E-state index in [4.69, 9.17) is 0 Å². The summed E-state index contributed by atoms with van der Waals surface area (Å²) in [7, 11) is 0. The molecule has 1 aromatic carbocycles. The Morgan fingerprint density at radius 3 is 2.23 bits per heavy atom. The van der Waals surface area contributed by atoms with Crippen LogP contribution in [-0.2, 0) is 9.59 Å². The van der Waals surface area contributed by atoms with E-state index in [1.807, 2.05) is 0 Å². The number of hydrogen-bond acceptors (Lipinski definition) is 3. The number of nitrogens with zero attached hydrogens (tertiary/aromatic N) is 1. The fourth-order valence-electron chi connectivity index (χ4n) is 3.27. The highest BCUT2D eigenvalue weighted by Crippen LogP contribution is 2.27. The van der Waals surface area contributed by atoms with Gasteiger partial charge in [-0.05, 0) is 24.5 Å². The van der Waals surface area contributed by atoms with E-state index in [2.05, 4.69) is 0 Å². The first-order chi connectivity index (χ1) is 10.7. The van der Waals surface area contributed by atoms with Gasteiger partial charge in [-0.1, -0.05) is 43.5 Å². The van der Waals surface area contributed by atoms with Gasteiger partial charge < -0.3 is 4.90 Å². The molecule has 114 valence electrons. The lowest BCUT2D eigenvalue weighted by molar-refractivity contribution is -0.140. The van der Waals surface area contributed by atoms with Crippen LogP contribution in [0, 0.1) is 0 Å². The van der Waals surface area contributed by atoms with Crippen molar-refractivity contribution in [2.75, 3.05) is 6.54 Å². The van der Waals surface area contributed by atoms with Gasteiger partial charge in [0.25, 0.3) is 5.91 Å². The molecule has 0 aromatic heterocycles. The molecule has 1 heterocycles. The van der Waals surface area contributed by atoms with Gasteiger partial charge >= 0.3 is 0 Å². The normalized spacial score (nSPS) is 21.6. The van der Waals surface area contributed by atoms with Crippen LogP contribution >= 0.6 is 0 Å². The first kappa shape index (κ1) is 14.7. The van der Waals surface area contributed by atoms with Crippen LogP contribution in [0.2, 0.25) is 0 Å². The highest BCUT2D eigenvalue weighted by Gasteiger charge is 2.38. The van der Waals surface area contributed by atoms with Crippen LogP contribution in [0.3, 0.4) is 0 Å². The Balaban J connectivity index is 1.78. The monoisotopic (exact) mass is 297 g/mol. The third kappa shape index (κ3) is 2.86. The molecule has 1 amide bonds. The largest absolute Gasteiger partial charge is 0.328 e. The standard InChI is InChI=1S/C18H19NO3/c20-12-14-8-6-13(7-9-14)10-15-11-19(18(22)17(15)21)16-4-2-1-3-5-16/h6-10,12,16H,1-5,11H2/b15-10+. The van der Waals surface area contributed by atoms with Gasteiger partial charge in [-0.3, -0.25) is 14.4 Å². The molecule has 1 aliphatic heterocycles. The van der Waals surface area contributed by atoms with Crippen molar-refractivity contribution >= 4 is 24.1 Å². The number of hydrogen-bond donors (Lipinski definition) is 0.